The van der Waals surface area contributed by atoms with E-state index < -0.39 is 9.84 Å². The molecule has 7 heteroatoms. The predicted octanol–water partition coefficient (Wildman–Crippen LogP) is 2.03. The summed E-state index contributed by atoms with van der Waals surface area (Å²) < 4.78 is 24.0. The zero-order valence-electron chi connectivity index (χ0n) is 12.5. The van der Waals surface area contributed by atoms with Crippen LogP contribution in [0.15, 0.2) is 40.2 Å². The summed E-state index contributed by atoms with van der Waals surface area (Å²) in [4.78, 5) is 4.48. The van der Waals surface area contributed by atoms with E-state index in [4.69, 9.17) is 5.73 Å². The molecule has 0 radical (unpaired) electrons. The maximum absolute atomic E-state index is 12.0. The molecule has 21 heavy (non-hydrogen) atoms. The lowest BCUT2D eigenvalue weighted by atomic mass is 10.1. The van der Waals surface area contributed by atoms with Crippen LogP contribution < -0.4 is 11.1 Å². The smallest absolute Gasteiger partial charge is 0.188 e. The Hall–Kier alpha value is -0.830. The highest BCUT2D eigenvalue weighted by Gasteiger charge is 2.13. The minimum absolute atomic E-state index is 0. The second-order valence-electron chi connectivity index (χ2n) is 5.01. The molecule has 0 unspecified atom stereocenters. The van der Waals surface area contributed by atoms with Crippen molar-refractivity contribution >= 4 is 39.8 Å². The van der Waals surface area contributed by atoms with Gasteiger partial charge in [0.1, 0.15) is 0 Å². The number of nitrogens with two attached hydrogens (primary N) is 1. The van der Waals surface area contributed by atoms with Crippen molar-refractivity contribution in [3.05, 3.63) is 30.3 Å². The highest BCUT2D eigenvalue weighted by molar-refractivity contribution is 14.0. The van der Waals surface area contributed by atoms with Crippen molar-refractivity contribution < 1.29 is 8.42 Å². The summed E-state index contributed by atoms with van der Waals surface area (Å²) in [6.07, 6.45) is 0.963. The van der Waals surface area contributed by atoms with Crippen molar-refractivity contribution in [1.29, 1.82) is 0 Å². The molecule has 0 aliphatic rings. The topological polar surface area (TPSA) is 84.5 Å². The summed E-state index contributed by atoms with van der Waals surface area (Å²) in [6.45, 7) is 5.15. The van der Waals surface area contributed by atoms with E-state index in [0.29, 0.717) is 23.3 Å². The molecule has 0 bridgehead atoms. The quantitative estimate of drug-likeness (QED) is 0.398. The molecule has 1 aromatic carbocycles. The molecule has 0 saturated carbocycles. The minimum atomic E-state index is -3.26. The zero-order chi connectivity index (χ0) is 15.0. The van der Waals surface area contributed by atoms with Gasteiger partial charge in [0.15, 0.2) is 15.8 Å². The first-order valence-corrected chi connectivity index (χ1v) is 8.38. The maximum atomic E-state index is 12.0. The standard InChI is InChI=1S/C14H23N3O2S.HI/c1-12(2)8-9-16-14(15)17-10-11-20(18,19)13-6-4-3-5-7-13;/h3-7,12H,8-11H2,1-2H3,(H3,15,16,17);1H. The number of rotatable bonds is 7. The van der Waals surface area contributed by atoms with Crippen LogP contribution in [0.2, 0.25) is 0 Å². The highest BCUT2D eigenvalue weighted by atomic mass is 127. The van der Waals surface area contributed by atoms with Crippen molar-refractivity contribution in [2.75, 3.05) is 18.8 Å². The molecule has 0 fully saturated rings. The van der Waals surface area contributed by atoms with Gasteiger partial charge in [-0.25, -0.2) is 8.42 Å². The fourth-order valence-corrected chi connectivity index (χ4v) is 2.74. The van der Waals surface area contributed by atoms with Crippen molar-refractivity contribution in [2.24, 2.45) is 16.6 Å². The molecule has 0 aliphatic carbocycles. The number of benzene rings is 1. The van der Waals surface area contributed by atoms with Crippen LogP contribution in [0.4, 0.5) is 0 Å². The molecule has 120 valence electrons. The average molecular weight is 425 g/mol. The van der Waals surface area contributed by atoms with Gasteiger partial charge >= 0.3 is 0 Å². The lowest BCUT2D eigenvalue weighted by molar-refractivity contribution is 0.593. The van der Waals surface area contributed by atoms with Gasteiger partial charge in [-0.3, -0.25) is 4.99 Å². The van der Waals surface area contributed by atoms with Crippen LogP contribution in [-0.2, 0) is 9.84 Å². The molecular weight excluding hydrogens is 401 g/mol. The van der Waals surface area contributed by atoms with E-state index in [9.17, 15) is 8.42 Å². The van der Waals surface area contributed by atoms with Gasteiger partial charge in [0, 0.05) is 13.1 Å². The van der Waals surface area contributed by atoms with Crippen LogP contribution in [0.25, 0.3) is 0 Å². The third-order valence-electron chi connectivity index (χ3n) is 2.77. The van der Waals surface area contributed by atoms with Crippen molar-refractivity contribution in [3.8, 4) is 0 Å². The molecule has 0 aliphatic heterocycles. The monoisotopic (exact) mass is 425 g/mol. The van der Waals surface area contributed by atoms with E-state index >= 15 is 0 Å². The Kier molecular flexibility index (Phi) is 9.60. The molecule has 0 heterocycles. The number of halogens is 1. The molecular formula is C14H24IN3O2S. The van der Waals surface area contributed by atoms with E-state index in [1.54, 1.807) is 30.3 Å². The summed E-state index contributed by atoms with van der Waals surface area (Å²) in [5.74, 6) is 0.871. The van der Waals surface area contributed by atoms with Crippen LogP contribution >= 0.6 is 24.0 Å². The number of sulfone groups is 1. The Morgan fingerprint density at radius 3 is 2.48 bits per heavy atom. The first-order chi connectivity index (χ1) is 9.42. The van der Waals surface area contributed by atoms with E-state index in [0.717, 1.165) is 6.42 Å². The molecule has 0 amide bonds. The van der Waals surface area contributed by atoms with Gasteiger partial charge < -0.3 is 11.1 Å². The summed E-state index contributed by atoms with van der Waals surface area (Å²) in [5, 5.41) is 2.83. The Morgan fingerprint density at radius 1 is 1.29 bits per heavy atom. The second kappa shape index (κ2) is 9.99. The summed E-state index contributed by atoms with van der Waals surface area (Å²) in [6, 6.07) is 8.39. The Labute approximate surface area is 144 Å². The van der Waals surface area contributed by atoms with Crippen LogP contribution in [0.1, 0.15) is 20.3 Å². The fourth-order valence-electron chi connectivity index (χ4n) is 1.56. The minimum Gasteiger partial charge on any atom is -0.370 e. The van der Waals surface area contributed by atoms with Gasteiger partial charge in [0.05, 0.1) is 10.6 Å². The second-order valence-corrected chi connectivity index (χ2v) is 7.12. The third-order valence-corrected chi connectivity index (χ3v) is 4.50. The molecule has 0 aromatic heterocycles. The average Bonchev–Trinajstić information content (AvgIpc) is 2.39. The molecule has 3 N–H and O–H groups in total. The van der Waals surface area contributed by atoms with Gasteiger partial charge in [0.2, 0.25) is 0 Å². The van der Waals surface area contributed by atoms with E-state index in [-0.39, 0.29) is 36.3 Å². The maximum Gasteiger partial charge on any atom is 0.188 e. The van der Waals surface area contributed by atoms with Gasteiger partial charge in [-0.2, -0.15) is 0 Å². The number of nitrogens with zero attached hydrogens (tertiary/aromatic N) is 1. The summed E-state index contributed by atoms with van der Waals surface area (Å²) in [5.41, 5.74) is 5.67. The molecule has 1 rings (SSSR count). The molecule has 0 saturated heterocycles. The largest absolute Gasteiger partial charge is 0.370 e. The third kappa shape index (κ3) is 8.25. The first-order valence-electron chi connectivity index (χ1n) is 6.73. The van der Waals surface area contributed by atoms with E-state index in [1.165, 1.54) is 0 Å². The van der Waals surface area contributed by atoms with Gasteiger partial charge in [0.25, 0.3) is 0 Å². The fraction of sp³-hybridized carbons (Fsp3) is 0.500. The number of nitrogens with one attached hydrogen (secondary N) is 1. The number of aliphatic imine (C=N–C) groups is 1. The molecule has 0 spiro atoms. The SMILES string of the molecule is CC(C)CCN=C(N)NCCS(=O)(=O)c1ccccc1.I. The van der Waals surface area contributed by atoms with E-state index in [2.05, 4.69) is 24.2 Å². The Bertz CT molecular complexity index is 530. The molecule has 1 aromatic rings. The normalized spacial score (nSPS) is 12.0. The zero-order valence-corrected chi connectivity index (χ0v) is 15.6. The van der Waals surface area contributed by atoms with Gasteiger partial charge in [-0.15, -0.1) is 24.0 Å². The van der Waals surface area contributed by atoms with Crippen LogP contribution in [-0.4, -0.2) is 33.2 Å². The van der Waals surface area contributed by atoms with E-state index in [1.807, 2.05) is 0 Å². The van der Waals surface area contributed by atoms with Crippen LogP contribution in [0, 0.1) is 5.92 Å². The Morgan fingerprint density at radius 2 is 1.90 bits per heavy atom. The van der Waals surface area contributed by atoms with Crippen LogP contribution in [0.3, 0.4) is 0 Å². The number of guanidine groups is 1. The van der Waals surface area contributed by atoms with Gasteiger partial charge in [-0.05, 0) is 24.5 Å². The van der Waals surface area contributed by atoms with Gasteiger partial charge in [-0.1, -0.05) is 32.0 Å². The molecule has 0 atom stereocenters. The number of hydrogen-bond acceptors (Lipinski definition) is 3. The van der Waals surface area contributed by atoms with Crippen molar-refractivity contribution in [2.45, 2.75) is 25.2 Å². The Balaban J connectivity index is 0.00000400. The van der Waals surface area contributed by atoms with Crippen molar-refractivity contribution in [3.63, 3.8) is 0 Å². The summed E-state index contributed by atoms with van der Waals surface area (Å²) >= 11 is 0. The lowest BCUT2D eigenvalue weighted by Crippen LogP contribution is -2.35. The lowest BCUT2D eigenvalue weighted by Gasteiger charge is -2.07. The highest BCUT2D eigenvalue weighted by Crippen LogP contribution is 2.09. The van der Waals surface area contributed by atoms with Crippen LogP contribution in [0.5, 0.6) is 0 Å². The number of hydrogen-bond donors (Lipinski definition) is 2. The summed E-state index contributed by atoms with van der Waals surface area (Å²) in [7, 11) is -3.26. The predicted molar refractivity (Wildman–Crippen MR) is 97.9 cm³/mol. The molecule has 5 nitrogen and oxygen atoms in total. The first kappa shape index (κ1) is 20.2. The van der Waals surface area contributed by atoms with Crippen molar-refractivity contribution in [1.82, 2.24) is 5.32 Å².